The highest BCUT2D eigenvalue weighted by Gasteiger charge is 2.17. The first-order valence-corrected chi connectivity index (χ1v) is 8.55. The summed E-state index contributed by atoms with van der Waals surface area (Å²) < 4.78 is 25.3. The van der Waals surface area contributed by atoms with Gasteiger partial charge in [0.2, 0.25) is 5.82 Å². The van der Waals surface area contributed by atoms with E-state index in [9.17, 15) is 9.18 Å². The Kier molecular flexibility index (Phi) is 5.62. The molecule has 3 rings (SSSR count). The molecule has 0 aliphatic heterocycles. The molecule has 0 atom stereocenters. The molecule has 2 aromatic heterocycles. The van der Waals surface area contributed by atoms with Crippen LogP contribution in [0.3, 0.4) is 0 Å². The molecule has 25 heavy (non-hydrogen) atoms. The van der Waals surface area contributed by atoms with Crippen LogP contribution in [-0.2, 0) is 11.3 Å². The van der Waals surface area contributed by atoms with Gasteiger partial charge in [-0.1, -0.05) is 11.8 Å². The van der Waals surface area contributed by atoms with Crippen LogP contribution in [0.2, 0.25) is 0 Å². The van der Waals surface area contributed by atoms with Crippen molar-refractivity contribution in [2.75, 3.05) is 19.5 Å². The second-order valence-electron chi connectivity index (χ2n) is 5.15. The van der Waals surface area contributed by atoms with E-state index < -0.39 is 0 Å². The number of hydrogen-bond donors (Lipinski definition) is 0. The molecule has 0 aliphatic rings. The third kappa shape index (κ3) is 4.15. The van der Waals surface area contributed by atoms with Gasteiger partial charge in [0.15, 0.2) is 16.7 Å². The van der Waals surface area contributed by atoms with Crippen molar-refractivity contribution < 1.29 is 18.3 Å². The zero-order chi connectivity index (χ0) is 17.6. The van der Waals surface area contributed by atoms with Crippen molar-refractivity contribution in [3.63, 3.8) is 0 Å². The number of benzene rings is 1. The Labute approximate surface area is 148 Å². The molecular weight excluding hydrogens is 345 g/mol. The van der Waals surface area contributed by atoms with Gasteiger partial charge in [-0.2, -0.15) is 0 Å². The average Bonchev–Trinajstić information content (AvgIpc) is 3.27. The van der Waals surface area contributed by atoms with E-state index in [2.05, 4.69) is 10.2 Å². The largest absolute Gasteiger partial charge is 0.461 e. The van der Waals surface area contributed by atoms with Crippen LogP contribution in [0.25, 0.3) is 11.6 Å². The van der Waals surface area contributed by atoms with Crippen molar-refractivity contribution in [2.45, 2.75) is 11.7 Å². The number of methoxy groups -OCH3 is 1. The first-order chi connectivity index (χ1) is 12.2. The van der Waals surface area contributed by atoms with Crippen molar-refractivity contribution in [3.8, 4) is 11.6 Å². The lowest BCUT2D eigenvalue weighted by Gasteiger charge is -2.08. The fourth-order valence-corrected chi connectivity index (χ4v) is 3.08. The maximum absolute atomic E-state index is 13.0. The molecule has 0 radical (unpaired) electrons. The molecule has 0 spiro atoms. The predicted octanol–water partition coefficient (Wildman–Crippen LogP) is 3.30. The lowest BCUT2D eigenvalue weighted by Crippen LogP contribution is -2.09. The number of ketones is 1. The molecular formula is C17H16FN3O3S. The normalized spacial score (nSPS) is 11.0. The molecule has 0 aliphatic carbocycles. The summed E-state index contributed by atoms with van der Waals surface area (Å²) in [5, 5.41) is 8.90. The minimum absolute atomic E-state index is 0.106. The van der Waals surface area contributed by atoms with Crippen LogP contribution in [0.1, 0.15) is 10.4 Å². The summed E-state index contributed by atoms with van der Waals surface area (Å²) in [7, 11) is 1.61. The van der Waals surface area contributed by atoms with Crippen LogP contribution in [0.4, 0.5) is 4.39 Å². The molecule has 6 nitrogen and oxygen atoms in total. The summed E-state index contributed by atoms with van der Waals surface area (Å²) in [6.45, 7) is 1.01. The molecule has 2 heterocycles. The van der Waals surface area contributed by atoms with E-state index in [0.29, 0.717) is 35.5 Å². The van der Waals surface area contributed by atoms with E-state index in [0.717, 1.165) is 0 Å². The quantitative estimate of drug-likeness (QED) is 0.453. The molecule has 130 valence electrons. The smallest absolute Gasteiger partial charge is 0.200 e. The SMILES string of the molecule is COCCn1c(SCC(=O)c2ccc(F)cc2)nnc1-c1ccco1. The van der Waals surface area contributed by atoms with E-state index >= 15 is 0 Å². The molecule has 0 bridgehead atoms. The van der Waals surface area contributed by atoms with Crippen LogP contribution < -0.4 is 0 Å². The standard InChI is InChI=1S/C17H16FN3O3S/c1-23-10-8-21-16(15-3-2-9-24-15)19-20-17(21)25-11-14(22)12-4-6-13(18)7-5-12/h2-7,9H,8,10-11H2,1H3. The number of halogens is 1. The van der Waals surface area contributed by atoms with Crippen LogP contribution in [0.15, 0.2) is 52.2 Å². The number of ether oxygens (including phenoxy) is 1. The van der Waals surface area contributed by atoms with Gasteiger partial charge in [0.1, 0.15) is 5.82 Å². The highest BCUT2D eigenvalue weighted by Crippen LogP contribution is 2.25. The first-order valence-electron chi connectivity index (χ1n) is 7.56. The van der Waals surface area contributed by atoms with Crippen molar-refractivity contribution in [1.82, 2.24) is 14.8 Å². The van der Waals surface area contributed by atoms with E-state index in [1.165, 1.54) is 36.0 Å². The predicted molar refractivity (Wildman–Crippen MR) is 91.1 cm³/mol. The topological polar surface area (TPSA) is 70.2 Å². The second kappa shape index (κ2) is 8.09. The van der Waals surface area contributed by atoms with Crippen molar-refractivity contribution >= 4 is 17.5 Å². The van der Waals surface area contributed by atoms with Crippen molar-refractivity contribution in [1.29, 1.82) is 0 Å². The molecule has 0 amide bonds. The van der Waals surface area contributed by atoms with E-state index in [1.54, 1.807) is 25.5 Å². The maximum atomic E-state index is 13.0. The summed E-state index contributed by atoms with van der Waals surface area (Å²) in [4.78, 5) is 12.2. The number of carbonyl (C=O) groups excluding carboxylic acids is 1. The number of aromatic nitrogens is 3. The number of furan rings is 1. The minimum atomic E-state index is -0.369. The minimum Gasteiger partial charge on any atom is -0.461 e. The fourth-order valence-electron chi connectivity index (χ4n) is 2.22. The number of hydrogen-bond acceptors (Lipinski definition) is 6. The van der Waals surface area contributed by atoms with Gasteiger partial charge >= 0.3 is 0 Å². The number of carbonyl (C=O) groups is 1. The highest BCUT2D eigenvalue weighted by molar-refractivity contribution is 7.99. The summed E-state index contributed by atoms with van der Waals surface area (Å²) in [6.07, 6.45) is 1.57. The monoisotopic (exact) mass is 361 g/mol. The molecule has 1 aromatic carbocycles. The van der Waals surface area contributed by atoms with E-state index in [1.807, 2.05) is 4.57 Å². The zero-order valence-electron chi connectivity index (χ0n) is 13.5. The molecule has 0 saturated heterocycles. The Balaban J connectivity index is 1.75. The van der Waals surface area contributed by atoms with Gasteiger partial charge in [-0.05, 0) is 36.4 Å². The zero-order valence-corrected chi connectivity index (χ0v) is 14.3. The van der Waals surface area contributed by atoms with Crippen molar-refractivity contribution in [2.24, 2.45) is 0 Å². The Hall–Kier alpha value is -2.45. The van der Waals surface area contributed by atoms with Crippen LogP contribution in [0.5, 0.6) is 0 Å². The summed E-state index contributed by atoms with van der Waals surface area (Å²) >= 11 is 1.27. The van der Waals surface area contributed by atoms with Gasteiger partial charge in [0.05, 0.1) is 25.2 Å². The van der Waals surface area contributed by atoms with Gasteiger partial charge in [-0.3, -0.25) is 9.36 Å². The second-order valence-corrected chi connectivity index (χ2v) is 6.09. The lowest BCUT2D eigenvalue weighted by atomic mass is 10.1. The number of nitrogens with zero attached hydrogens (tertiary/aromatic N) is 3. The Morgan fingerprint density at radius 3 is 2.76 bits per heavy atom. The molecule has 0 N–H and O–H groups in total. The fraction of sp³-hybridized carbons (Fsp3) is 0.235. The number of thioether (sulfide) groups is 1. The Bertz CT molecular complexity index is 831. The first kappa shape index (κ1) is 17.4. The molecule has 0 saturated carbocycles. The van der Waals surface area contributed by atoms with Crippen molar-refractivity contribution in [3.05, 3.63) is 54.0 Å². The molecule has 8 heteroatoms. The molecule has 0 unspecified atom stereocenters. The van der Waals surface area contributed by atoms with Gasteiger partial charge < -0.3 is 9.15 Å². The van der Waals surface area contributed by atoms with Gasteiger partial charge in [-0.15, -0.1) is 10.2 Å². The summed E-state index contributed by atoms with van der Waals surface area (Å²) in [5.74, 6) is 0.881. The van der Waals surface area contributed by atoms with E-state index in [-0.39, 0.29) is 17.4 Å². The van der Waals surface area contributed by atoms with Gasteiger partial charge in [-0.25, -0.2) is 4.39 Å². The third-order valence-electron chi connectivity index (χ3n) is 3.48. The average molecular weight is 361 g/mol. The van der Waals surface area contributed by atoms with E-state index in [4.69, 9.17) is 9.15 Å². The summed E-state index contributed by atoms with van der Waals surface area (Å²) in [5.41, 5.74) is 0.461. The van der Waals surface area contributed by atoms with Gasteiger partial charge in [0, 0.05) is 12.7 Å². The Morgan fingerprint density at radius 2 is 2.08 bits per heavy atom. The Morgan fingerprint density at radius 1 is 1.28 bits per heavy atom. The van der Waals surface area contributed by atoms with Crippen LogP contribution in [-0.4, -0.2) is 40.0 Å². The maximum Gasteiger partial charge on any atom is 0.200 e. The van der Waals surface area contributed by atoms with Gasteiger partial charge in [0.25, 0.3) is 0 Å². The lowest BCUT2D eigenvalue weighted by molar-refractivity contribution is 0.102. The number of Topliss-reactive ketones (excluding diaryl/α,β-unsaturated/α-hetero) is 1. The molecule has 0 fully saturated rings. The number of rotatable bonds is 8. The highest BCUT2D eigenvalue weighted by atomic mass is 32.2. The molecule has 3 aromatic rings. The van der Waals surface area contributed by atoms with Crippen LogP contribution >= 0.6 is 11.8 Å². The summed E-state index contributed by atoms with van der Waals surface area (Å²) in [6, 6.07) is 9.06. The van der Waals surface area contributed by atoms with Crippen LogP contribution in [0, 0.1) is 5.82 Å². The third-order valence-corrected chi connectivity index (χ3v) is 4.44.